The number of hydrogen-bond acceptors (Lipinski definition) is 5. The van der Waals surface area contributed by atoms with Gasteiger partial charge in [0, 0.05) is 42.6 Å². The molecule has 0 aliphatic carbocycles. The molecule has 0 radical (unpaired) electrons. The molecule has 24 heavy (non-hydrogen) atoms. The average molecular weight is 331 g/mol. The van der Waals surface area contributed by atoms with Crippen molar-refractivity contribution in [3.8, 4) is 0 Å². The first-order valence-corrected chi connectivity index (χ1v) is 7.69. The quantitative estimate of drug-likeness (QED) is 0.575. The maximum absolute atomic E-state index is 12.7. The number of esters is 2. The SMILES string of the molecule is COC(=O)CCC(CC(=O)c1cn(C)c2ccccc12)C(=O)OC. The Morgan fingerprint density at radius 1 is 1.12 bits per heavy atom. The fraction of sp³-hybridized carbons (Fsp3) is 0.389. The van der Waals surface area contributed by atoms with Gasteiger partial charge in [-0.1, -0.05) is 18.2 Å². The van der Waals surface area contributed by atoms with Crippen LogP contribution in [0, 0.1) is 5.92 Å². The van der Waals surface area contributed by atoms with Crippen molar-refractivity contribution in [1.29, 1.82) is 0 Å². The number of hydrogen-bond donors (Lipinski definition) is 0. The molecule has 0 aliphatic heterocycles. The van der Waals surface area contributed by atoms with Crippen molar-refractivity contribution in [3.63, 3.8) is 0 Å². The van der Waals surface area contributed by atoms with Crippen LogP contribution in [0.25, 0.3) is 10.9 Å². The molecular weight excluding hydrogens is 310 g/mol. The zero-order valence-electron chi connectivity index (χ0n) is 14.1. The highest BCUT2D eigenvalue weighted by atomic mass is 16.5. The lowest BCUT2D eigenvalue weighted by Gasteiger charge is -2.13. The summed E-state index contributed by atoms with van der Waals surface area (Å²) in [4.78, 5) is 35.9. The number of aryl methyl sites for hydroxylation is 1. The van der Waals surface area contributed by atoms with Gasteiger partial charge in [-0.3, -0.25) is 14.4 Å². The lowest BCUT2D eigenvalue weighted by molar-refractivity contribution is -0.146. The van der Waals surface area contributed by atoms with Gasteiger partial charge in [0.15, 0.2) is 5.78 Å². The molecule has 0 fully saturated rings. The summed E-state index contributed by atoms with van der Waals surface area (Å²) in [7, 11) is 4.43. The highest BCUT2D eigenvalue weighted by Gasteiger charge is 2.25. The molecule has 0 saturated heterocycles. The Bertz CT molecular complexity index is 762. The fourth-order valence-corrected chi connectivity index (χ4v) is 2.76. The van der Waals surface area contributed by atoms with E-state index in [-0.39, 0.29) is 25.0 Å². The number of Topliss-reactive ketones (excluding diaryl/α,β-unsaturated/α-hetero) is 1. The molecule has 2 aromatic rings. The molecule has 128 valence electrons. The minimum absolute atomic E-state index is 0.00231. The number of carbonyl (C=O) groups is 3. The van der Waals surface area contributed by atoms with E-state index >= 15 is 0 Å². The van der Waals surface area contributed by atoms with Gasteiger partial charge in [-0.05, 0) is 12.5 Å². The molecule has 0 saturated carbocycles. The molecule has 1 aromatic carbocycles. The first-order chi connectivity index (χ1) is 11.5. The van der Waals surface area contributed by atoms with Crippen LogP contribution < -0.4 is 0 Å². The van der Waals surface area contributed by atoms with E-state index in [1.54, 1.807) is 6.20 Å². The van der Waals surface area contributed by atoms with Crippen molar-refractivity contribution in [1.82, 2.24) is 4.57 Å². The number of aromatic nitrogens is 1. The number of para-hydroxylation sites is 1. The van der Waals surface area contributed by atoms with E-state index < -0.39 is 17.9 Å². The Morgan fingerprint density at radius 2 is 1.83 bits per heavy atom. The maximum atomic E-state index is 12.7. The summed E-state index contributed by atoms with van der Waals surface area (Å²) in [6.45, 7) is 0. The highest BCUT2D eigenvalue weighted by Crippen LogP contribution is 2.24. The summed E-state index contributed by atoms with van der Waals surface area (Å²) in [6, 6.07) is 7.59. The Kier molecular flexibility index (Phi) is 5.73. The van der Waals surface area contributed by atoms with Gasteiger partial charge in [0.2, 0.25) is 0 Å². The topological polar surface area (TPSA) is 74.6 Å². The van der Waals surface area contributed by atoms with Gasteiger partial charge < -0.3 is 14.0 Å². The van der Waals surface area contributed by atoms with Crippen molar-refractivity contribution in [3.05, 3.63) is 36.0 Å². The number of benzene rings is 1. The molecule has 0 aliphatic rings. The summed E-state index contributed by atoms with van der Waals surface area (Å²) in [5.41, 5.74) is 1.52. The van der Waals surface area contributed by atoms with Crippen LogP contribution in [0.2, 0.25) is 0 Å². The van der Waals surface area contributed by atoms with Crippen molar-refractivity contribution < 1.29 is 23.9 Å². The first kappa shape index (κ1) is 17.7. The summed E-state index contributed by atoms with van der Waals surface area (Å²) in [5, 5.41) is 0.849. The van der Waals surface area contributed by atoms with E-state index in [4.69, 9.17) is 4.74 Å². The van der Waals surface area contributed by atoms with E-state index in [2.05, 4.69) is 4.74 Å². The van der Waals surface area contributed by atoms with Gasteiger partial charge in [0.25, 0.3) is 0 Å². The smallest absolute Gasteiger partial charge is 0.309 e. The first-order valence-electron chi connectivity index (χ1n) is 7.69. The standard InChI is InChI=1S/C18H21NO5/c1-19-11-14(13-6-4-5-7-15(13)19)16(20)10-12(18(22)24-3)8-9-17(21)23-2/h4-7,11-12H,8-10H2,1-3H3. The van der Waals surface area contributed by atoms with Crippen LogP contribution >= 0.6 is 0 Å². The van der Waals surface area contributed by atoms with Gasteiger partial charge in [-0.25, -0.2) is 0 Å². The Labute approximate surface area is 140 Å². The van der Waals surface area contributed by atoms with Gasteiger partial charge in [0.05, 0.1) is 20.1 Å². The molecule has 2 rings (SSSR count). The van der Waals surface area contributed by atoms with Gasteiger partial charge in [-0.2, -0.15) is 0 Å². The molecule has 0 N–H and O–H groups in total. The zero-order chi connectivity index (χ0) is 17.7. The minimum atomic E-state index is -0.666. The number of rotatable bonds is 7. The van der Waals surface area contributed by atoms with E-state index in [0.29, 0.717) is 5.56 Å². The largest absolute Gasteiger partial charge is 0.469 e. The molecule has 1 atom stereocenters. The van der Waals surface area contributed by atoms with E-state index in [0.717, 1.165) is 10.9 Å². The van der Waals surface area contributed by atoms with Gasteiger partial charge >= 0.3 is 11.9 Å². The molecule has 6 nitrogen and oxygen atoms in total. The number of ether oxygens (including phenoxy) is 2. The number of carbonyl (C=O) groups excluding carboxylic acids is 3. The van der Waals surface area contributed by atoms with Crippen molar-refractivity contribution in [2.75, 3.05) is 14.2 Å². The third-order valence-corrected chi connectivity index (χ3v) is 4.09. The predicted octanol–water partition coefficient (Wildman–Crippen LogP) is 2.49. The Balaban J connectivity index is 2.19. The molecular formula is C18H21NO5. The van der Waals surface area contributed by atoms with Crippen molar-refractivity contribution in [2.24, 2.45) is 13.0 Å². The second kappa shape index (κ2) is 7.77. The summed E-state index contributed by atoms with van der Waals surface area (Å²) < 4.78 is 11.2. The molecule has 0 spiro atoms. The third-order valence-electron chi connectivity index (χ3n) is 4.09. The summed E-state index contributed by atoms with van der Waals surface area (Å²) in [5.74, 6) is -1.72. The van der Waals surface area contributed by atoms with Crippen molar-refractivity contribution >= 4 is 28.6 Å². The fourth-order valence-electron chi connectivity index (χ4n) is 2.76. The van der Waals surface area contributed by atoms with Crippen LogP contribution in [0.5, 0.6) is 0 Å². The van der Waals surface area contributed by atoms with Crippen molar-refractivity contribution in [2.45, 2.75) is 19.3 Å². The Hall–Kier alpha value is -2.63. The van der Waals surface area contributed by atoms with Crippen LogP contribution in [0.3, 0.4) is 0 Å². The maximum Gasteiger partial charge on any atom is 0.309 e. The second-order valence-corrected chi connectivity index (χ2v) is 5.63. The lowest BCUT2D eigenvalue weighted by Crippen LogP contribution is -2.21. The zero-order valence-corrected chi connectivity index (χ0v) is 14.1. The molecule has 1 unspecified atom stereocenters. The molecule has 0 bridgehead atoms. The average Bonchev–Trinajstić information content (AvgIpc) is 2.94. The lowest BCUT2D eigenvalue weighted by atomic mass is 9.94. The van der Waals surface area contributed by atoms with E-state index in [1.807, 2.05) is 35.9 Å². The molecule has 1 aromatic heterocycles. The normalized spacial score (nSPS) is 12.0. The van der Waals surface area contributed by atoms with E-state index in [1.165, 1.54) is 14.2 Å². The van der Waals surface area contributed by atoms with Crippen LogP contribution in [-0.4, -0.2) is 36.5 Å². The number of fused-ring (bicyclic) bond motifs is 1. The highest BCUT2D eigenvalue weighted by molar-refractivity contribution is 6.08. The van der Waals surface area contributed by atoms with Gasteiger partial charge in [-0.15, -0.1) is 0 Å². The third kappa shape index (κ3) is 3.82. The van der Waals surface area contributed by atoms with Crippen LogP contribution in [-0.2, 0) is 26.1 Å². The second-order valence-electron chi connectivity index (χ2n) is 5.63. The molecule has 6 heteroatoms. The minimum Gasteiger partial charge on any atom is -0.469 e. The summed E-state index contributed by atoms with van der Waals surface area (Å²) in [6.07, 6.45) is 2.05. The molecule has 1 heterocycles. The monoisotopic (exact) mass is 331 g/mol. The Morgan fingerprint density at radius 3 is 2.50 bits per heavy atom. The van der Waals surface area contributed by atoms with E-state index in [9.17, 15) is 14.4 Å². The van der Waals surface area contributed by atoms with Crippen LogP contribution in [0.4, 0.5) is 0 Å². The number of methoxy groups -OCH3 is 2. The number of ketones is 1. The molecule has 0 amide bonds. The van der Waals surface area contributed by atoms with Crippen LogP contribution in [0.15, 0.2) is 30.5 Å². The number of nitrogens with zero attached hydrogens (tertiary/aromatic N) is 1. The predicted molar refractivity (Wildman–Crippen MR) is 88.6 cm³/mol. The van der Waals surface area contributed by atoms with Gasteiger partial charge in [0.1, 0.15) is 0 Å². The summed E-state index contributed by atoms with van der Waals surface area (Å²) >= 11 is 0. The van der Waals surface area contributed by atoms with Crippen LogP contribution in [0.1, 0.15) is 29.6 Å².